The van der Waals surface area contributed by atoms with Crippen molar-refractivity contribution in [3.8, 4) is 0 Å². The van der Waals surface area contributed by atoms with Crippen LogP contribution in [-0.2, 0) is 20.8 Å². The van der Waals surface area contributed by atoms with Gasteiger partial charge in [0.2, 0.25) is 0 Å². The molecular formula is C17H20BrNO4. The van der Waals surface area contributed by atoms with Gasteiger partial charge >= 0.3 is 5.97 Å². The molecule has 124 valence electrons. The number of benzene rings is 1. The molecule has 3 rings (SSSR count). The van der Waals surface area contributed by atoms with Gasteiger partial charge in [0.25, 0.3) is 0 Å². The zero-order chi connectivity index (χ0) is 16.2. The van der Waals surface area contributed by atoms with Crippen LogP contribution < -0.4 is 0 Å². The van der Waals surface area contributed by atoms with Gasteiger partial charge in [0.1, 0.15) is 5.69 Å². The lowest BCUT2D eigenvalue weighted by Gasteiger charge is -2.22. The van der Waals surface area contributed by atoms with E-state index in [1.54, 1.807) is 6.92 Å². The SMILES string of the molecule is CCOC(=O)c1[nH]c2cccc(COC3CCCCO3)c2c1Br. The first-order valence-electron chi connectivity index (χ1n) is 7.90. The molecule has 0 bridgehead atoms. The molecule has 1 fully saturated rings. The van der Waals surface area contributed by atoms with Crippen LogP contribution in [0, 0.1) is 0 Å². The van der Waals surface area contributed by atoms with Gasteiger partial charge in [0.15, 0.2) is 6.29 Å². The number of halogens is 1. The molecule has 1 unspecified atom stereocenters. The molecule has 1 saturated heterocycles. The third-order valence-electron chi connectivity index (χ3n) is 3.89. The van der Waals surface area contributed by atoms with Gasteiger partial charge in [-0.15, -0.1) is 0 Å². The van der Waals surface area contributed by atoms with Crippen molar-refractivity contribution in [3.63, 3.8) is 0 Å². The standard InChI is InChI=1S/C17H20BrNO4/c1-2-21-17(20)16-15(18)14-11(6-5-7-12(14)19-16)10-23-13-8-3-4-9-22-13/h5-7,13,19H,2-4,8-10H2,1H3. The van der Waals surface area contributed by atoms with Gasteiger partial charge in [-0.2, -0.15) is 0 Å². The van der Waals surface area contributed by atoms with Crippen molar-refractivity contribution >= 4 is 32.8 Å². The van der Waals surface area contributed by atoms with Crippen molar-refractivity contribution in [2.24, 2.45) is 0 Å². The van der Waals surface area contributed by atoms with Gasteiger partial charge < -0.3 is 19.2 Å². The number of ether oxygens (including phenoxy) is 3. The molecule has 1 aromatic heterocycles. The van der Waals surface area contributed by atoms with Crippen molar-refractivity contribution in [1.29, 1.82) is 0 Å². The van der Waals surface area contributed by atoms with E-state index in [1.165, 1.54) is 0 Å². The monoisotopic (exact) mass is 381 g/mol. The number of H-pyrrole nitrogens is 1. The summed E-state index contributed by atoms with van der Waals surface area (Å²) >= 11 is 3.52. The van der Waals surface area contributed by atoms with E-state index >= 15 is 0 Å². The molecule has 5 nitrogen and oxygen atoms in total. The topological polar surface area (TPSA) is 60.6 Å². The average molecular weight is 382 g/mol. The first-order valence-corrected chi connectivity index (χ1v) is 8.69. The number of hydrogen-bond donors (Lipinski definition) is 1. The van der Waals surface area contributed by atoms with Gasteiger partial charge in [-0.3, -0.25) is 0 Å². The normalized spacial score (nSPS) is 18.3. The highest BCUT2D eigenvalue weighted by molar-refractivity contribution is 9.10. The first kappa shape index (κ1) is 16.5. The Morgan fingerprint density at radius 2 is 2.30 bits per heavy atom. The number of hydrogen-bond acceptors (Lipinski definition) is 4. The summed E-state index contributed by atoms with van der Waals surface area (Å²) in [6.07, 6.45) is 3.02. The molecule has 0 amide bonds. The summed E-state index contributed by atoms with van der Waals surface area (Å²) in [6.45, 7) is 3.34. The quantitative estimate of drug-likeness (QED) is 0.790. The van der Waals surface area contributed by atoms with E-state index in [9.17, 15) is 4.79 Å². The molecule has 1 aliphatic heterocycles. The van der Waals surface area contributed by atoms with Crippen molar-refractivity contribution in [2.45, 2.75) is 39.1 Å². The van der Waals surface area contributed by atoms with E-state index in [1.807, 2.05) is 18.2 Å². The van der Waals surface area contributed by atoms with Gasteiger partial charge in [-0.1, -0.05) is 12.1 Å². The molecule has 1 aromatic carbocycles. The molecule has 1 aliphatic rings. The lowest BCUT2D eigenvalue weighted by molar-refractivity contribution is -0.168. The van der Waals surface area contributed by atoms with Gasteiger partial charge in [-0.05, 0) is 53.7 Å². The lowest BCUT2D eigenvalue weighted by atomic mass is 10.1. The molecule has 2 aromatic rings. The summed E-state index contributed by atoms with van der Waals surface area (Å²) in [6, 6.07) is 5.88. The minimum atomic E-state index is -0.363. The molecule has 1 atom stereocenters. The summed E-state index contributed by atoms with van der Waals surface area (Å²) in [7, 11) is 0. The molecule has 2 heterocycles. The van der Waals surface area contributed by atoms with E-state index in [-0.39, 0.29) is 12.3 Å². The van der Waals surface area contributed by atoms with E-state index in [0.717, 1.165) is 46.8 Å². The first-order chi connectivity index (χ1) is 11.2. The van der Waals surface area contributed by atoms with Crippen molar-refractivity contribution < 1.29 is 19.0 Å². The second kappa shape index (κ2) is 7.47. The number of nitrogens with one attached hydrogen (secondary N) is 1. The third-order valence-corrected chi connectivity index (χ3v) is 4.68. The number of aromatic amines is 1. The van der Waals surface area contributed by atoms with Gasteiger partial charge in [-0.25, -0.2) is 4.79 Å². The van der Waals surface area contributed by atoms with E-state index in [2.05, 4.69) is 20.9 Å². The molecule has 23 heavy (non-hydrogen) atoms. The highest BCUT2D eigenvalue weighted by Gasteiger charge is 2.20. The fourth-order valence-corrected chi connectivity index (χ4v) is 3.50. The summed E-state index contributed by atoms with van der Waals surface area (Å²) in [5.74, 6) is -0.363. The number of esters is 1. The van der Waals surface area contributed by atoms with Crippen LogP contribution in [0.15, 0.2) is 22.7 Å². The zero-order valence-electron chi connectivity index (χ0n) is 13.1. The predicted molar refractivity (Wildman–Crippen MR) is 90.3 cm³/mol. The Morgan fingerprint density at radius 3 is 3.04 bits per heavy atom. The van der Waals surface area contributed by atoms with Crippen molar-refractivity contribution in [3.05, 3.63) is 33.9 Å². The maximum atomic E-state index is 12.0. The Balaban J connectivity index is 1.84. The molecule has 6 heteroatoms. The molecule has 0 radical (unpaired) electrons. The fourth-order valence-electron chi connectivity index (χ4n) is 2.77. The summed E-state index contributed by atoms with van der Waals surface area (Å²) < 4.78 is 17.3. The van der Waals surface area contributed by atoms with E-state index < -0.39 is 0 Å². The molecule has 0 saturated carbocycles. The largest absolute Gasteiger partial charge is 0.461 e. The summed E-state index contributed by atoms with van der Waals surface area (Å²) in [4.78, 5) is 15.1. The lowest BCUT2D eigenvalue weighted by Crippen LogP contribution is -2.22. The highest BCUT2D eigenvalue weighted by Crippen LogP contribution is 2.32. The minimum Gasteiger partial charge on any atom is -0.461 e. The Morgan fingerprint density at radius 1 is 1.43 bits per heavy atom. The van der Waals surface area contributed by atoms with Crippen molar-refractivity contribution in [2.75, 3.05) is 13.2 Å². The molecule has 1 N–H and O–H groups in total. The van der Waals surface area contributed by atoms with Crippen LogP contribution in [0.3, 0.4) is 0 Å². The van der Waals surface area contributed by atoms with E-state index in [0.29, 0.717) is 18.9 Å². The number of carbonyl (C=O) groups excluding carboxylic acids is 1. The van der Waals surface area contributed by atoms with Crippen LogP contribution in [0.5, 0.6) is 0 Å². The molecular weight excluding hydrogens is 362 g/mol. The van der Waals surface area contributed by atoms with Gasteiger partial charge in [0.05, 0.1) is 17.7 Å². The van der Waals surface area contributed by atoms with Crippen LogP contribution in [0.25, 0.3) is 10.9 Å². The maximum absolute atomic E-state index is 12.0. The second-order valence-electron chi connectivity index (χ2n) is 5.48. The maximum Gasteiger partial charge on any atom is 0.355 e. The second-order valence-corrected chi connectivity index (χ2v) is 6.27. The molecule has 0 aliphatic carbocycles. The summed E-state index contributed by atoms with van der Waals surface area (Å²) in [5.41, 5.74) is 2.32. The molecule has 0 spiro atoms. The number of carbonyl (C=O) groups is 1. The highest BCUT2D eigenvalue weighted by atomic mass is 79.9. The van der Waals surface area contributed by atoms with Gasteiger partial charge in [0, 0.05) is 17.5 Å². The number of aromatic nitrogens is 1. The van der Waals surface area contributed by atoms with Crippen LogP contribution in [0.4, 0.5) is 0 Å². The average Bonchev–Trinajstić information content (AvgIpc) is 2.92. The van der Waals surface area contributed by atoms with Crippen LogP contribution in [-0.4, -0.2) is 30.5 Å². The van der Waals surface area contributed by atoms with Crippen LogP contribution in [0.2, 0.25) is 0 Å². The van der Waals surface area contributed by atoms with Crippen LogP contribution in [0.1, 0.15) is 42.2 Å². The Kier molecular flexibility index (Phi) is 5.35. The fraction of sp³-hybridized carbons (Fsp3) is 0.471. The summed E-state index contributed by atoms with van der Waals surface area (Å²) in [5, 5.41) is 0.950. The van der Waals surface area contributed by atoms with E-state index in [4.69, 9.17) is 14.2 Å². The smallest absolute Gasteiger partial charge is 0.355 e. The Bertz CT molecular complexity index is 691. The Labute approximate surface area is 143 Å². The third kappa shape index (κ3) is 3.59. The minimum absolute atomic E-state index is 0.138. The number of fused-ring (bicyclic) bond motifs is 1. The predicted octanol–water partition coefficient (Wildman–Crippen LogP) is 4.15. The Hall–Kier alpha value is -1.37. The number of rotatable bonds is 5. The van der Waals surface area contributed by atoms with Crippen LogP contribution >= 0.6 is 15.9 Å². The van der Waals surface area contributed by atoms with Crippen molar-refractivity contribution in [1.82, 2.24) is 4.98 Å². The zero-order valence-corrected chi connectivity index (χ0v) is 14.6.